The number of rotatable bonds is 9. The maximum atomic E-state index is 9.75. The van der Waals surface area contributed by atoms with Crippen molar-refractivity contribution in [2.45, 2.75) is 26.0 Å². The molecule has 0 saturated heterocycles. The van der Waals surface area contributed by atoms with Crippen molar-refractivity contribution in [3.05, 3.63) is 28.8 Å². The molecule has 0 aromatic heterocycles. The Balaban J connectivity index is 2.62. The average molecular weight is 301 g/mol. The summed E-state index contributed by atoms with van der Waals surface area (Å²) < 4.78 is 4.93. The number of aliphatic hydroxyl groups is 1. The van der Waals surface area contributed by atoms with E-state index in [2.05, 4.69) is 18.3 Å². The first-order valence-electron chi connectivity index (χ1n) is 6.95. The molecule has 0 spiro atoms. The number of nitrogens with zero attached hydrogens (tertiary/aromatic N) is 1. The highest BCUT2D eigenvalue weighted by molar-refractivity contribution is 6.33. The summed E-state index contributed by atoms with van der Waals surface area (Å²) in [5.74, 6) is 0. The Morgan fingerprint density at radius 1 is 1.45 bits per heavy atom. The van der Waals surface area contributed by atoms with Gasteiger partial charge in [0.25, 0.3) is 0 Å². The molecule has 114 valence electrons. The van der Waals surface area contributed by atoms with E-state index in [1.54, 1.807) is 7.11 Å². The van der Waals surface area contributed by atoms with Crippen LogP contribution in [0.15, 0.2) is 18.2 Å². The second-order valence-electron chi connectivity index (χ2n) is 4.95. The van der Waals surface area contributed by atoms with Gasteiger partial charge in [0, 0.05) is 27.2 Å². The molecular weight excluding hydrogens is 276 g/mol. The predicted octanol–water partition coefficient (Wildman–Crippen LogP) is 2.28. The fourth-order valence-corrected chi connectivity index (χ4v) is 2.39. The Kier molecular flexibility index (Phi) is 7.92. The minimum Gasteiger partial charge on any atom is -0.389 e. The third-order valence-corrected chi connectivity index (χ3v) is 3.33. The Labute approximate surface area is 126 Å². The highest BCUT2D eigenvalue weighted by Gasteiger charge is 2.11. The van der Waals surface area contributed by atoms with E-state index in [0.717, 1.165) is 30.8 Å². The second kappa shape index (κ2) is 9.19. The molecule has 1 aromatic carbocycles. The molecule has 0 fully saturated rings. The normalized spacial score (nSPS) is 12.4. The summed E-state index contributed by atoms with van der Waals surface area (Å²) >= 11 is 6.32. The van der Waals surface area contributed by atoms with Crippen molar-refractivity contribution in [1.29, 1.82) is 0 Å². The molecule has 2 N–H and O–H groups in total. The number of likely N-dealkylation sites (N-methyl/N-ethyl adjacent to an activating group) is 1. The Morgan fingerprint density at radius 3 is 2.80 bits per heavy atom. The van der Waals surface area contributed by atoms with Gasteiger partial charge in [-0.15, -0.1) is 0 Å². The first-order valence-corrected chi connectivity index (χ1v) is 7.33. The zero-order chi connectivity index (χ0) is 15.0. The van der Waals surface area contributed by atoms with Crippen LogP contribution in [0.2, 0.25) is 5.02 Å². The van der Waals surface area contributed by atoms with Gasteiger partial charge >= 0.3 is 0 Å². The molecule has 0 bridgehead atoms. The summed E-state index contributed by atoms with van der Waals surface area (Å²) in [6, 6.07) is 6.02. The summed E-state index contributed by atoms with van der Waals surface area (Å²) in [6.07, 6.45) is 0.596. The van der Waals surface area contributed by atoms with E-state index in [9.17, 15) is 5.11 Å². The van der Waals surface area contributed by atoms with Crippen LogP contribution in [0.25, 0.3) is 0 Å². The van der Waals surface area contributed by atoms with Crippen molar-refractivity contribution in [2.24, 2.45) is 0 Å². The van der Waals surface area contributed by atoms with Crippen LogP contribution in [0.5, 0.6) is 0 Å². The van der Waals surface area contributed by atoms with E-state index in [1.807, 2.05) is 24.1 Å². The molecule has 0 aliphatic carbocycles. The minimum atomic E-state index is -0.521. The van der Waals surface area contributed by atoms with Gasteiger partial charge in [-0.1, -0.05) is 24.6 Å². The lowest BCUT2D eigenvalue weighted by Gasteiger charge is -2.23. The fraction of sp³-hybridized carbons (Fsp3) is 0.600. The number of hydrogen-bond acceptors (Lipinski definition) is 4. The molecule has 4 nitrogen and oxygen atoms in total. The lowest BCUT2D eigenvalue weighted by Crippen LogP contribution is -2.32. The number of anilines is 1. The van der Waals surface area contributed by atoms with Crippen LogP contribution in [-0.4, -0.2) is 45.1 Å². The molecule has 0 amide bonds. The van der Waals surface area contributed by atoms with E-state index in [-0.39, 0.29) is 0 Å². The number of hydrogen-bond donors (Lipinski definition) is 2. The van der Waals surface area contributed by atoms with Crippen LogP contribution in [0.3, 0.4) is 0 Å². The second-order valence-corrected chi connectivity index (χ2v) is 5.36. The molecule has 20 heavy (non-hydrogen) atoms. The SMILES string of the molecule is CCCNCc1ccc(N(C)CC(O)COC)c(Cl)c1. The van der Waals surface area contributed by atoms with Crippen molar-refractivity contribution >= 4 is 17.3 Å². The summed E-state index contributed by atoms with van der Waals surface area (Å²) in [4.78, 5) is 1.94. The molecule has 0 aliphatic rings. The average Bonchev–Trinajstić information content (AvgIpc) is 2.39. The summed E-state index contributed by atoms with van der Waals surface area (Å²) in [5, 5.41) is 13.8. The lowest BCUT2D eigenvalue weighted by molar-refractivity contribution is 0.0695. The van der Waals surface area contributed by atoms with Gasteiger partial charge in [0.1, 0.15) is 0 Å². The number of nitrogens with one attached hydrogen (secondary N) is 1. The number of methoxy groups -OCH3 is 1. The van der Waals surface area contributed by atoms with Crippen molar-refractivity contribution in [2.75, 3.05) is 38.8 Å². The van der Waals surface area contributed by atoms with Crippen LogP contribution < -0.4 is 10.2 Å². The van der Waals surface area contributed by atoms with Crippen LogP contribution in [0, 0.1) is 0 Å². The molecule has 1 aromatic rings. The zero-order valence-corrected chi connectivity index (χ0v) is 13.3. The van der Waals surface area contributed by atoms with Gasteiger partial charge in [0.05, 0.1) is 23.4 Å². The monoisotopic (exact) mass is 300 g/mol. The summed E-state index contributed by atoms with van der Waals surface area (Å²) in [6.45, 7) is 4.78. The molecule has 1 rings (SSSR count). The van der Waals surface area contributed by atoms with Crippen LogP contribution in [0.1, 0.15) is 18.9 Å². The van der Waals surface area contributed by atoms with Gasteiger partial charge in [-0.3, -0.25) is 0 Å². The summed E-state index contributed by atoms with van der Waals surface area (Å²) in [5.41, 5.74) is 2.08. The third kappa shape index (κ3) is 5.67. The molecule has 1 atom stereocenters. The first-order chi connectivity index (χ1) is 9.58. The van der Waals surface area contributed by atoms with Crippen molar-refractivity contribution in [3.63, 3.8) is 0 Å². The Morgan fingerprint density at radius 2 is 2.20 bits per heavy atom. The van der Waals surface area contributed by atoms with Crippen LogP contribution in [0.4, 0.5) is 5.69 Å². The van der Waals surface area contributed by atoms with Crippen molar-refractivity contribution < 1.29 is 9.84 Å². The van der Waals surface area contributed by atoms with E-state index in [0.29, 0.717) is 18.2 Å². The molecular formula is C15H25ClN2O2. The predicted molar refractivity (Wildman–Crippen MR) is 84.6 cm³/mol. The number of halogens is 1. The first kappa shape index (κ1) is 17.2. The molecule has 0 heterocycles. The van der Waals surface area contributed by atoms with Gasteiger partial charge < -0.3 is 20.1 Å². The largest absolute Gasteiger partial charge is 0.389 e. The van der Waals surface area contributed by atoms with E-state index in [1.165, 1.54) is 0 Å². The number of ether oxygens (including phenoxy) is 1. The maximum Gasteiger partial charge on any atom is 0.0947 e. The van der Waals surface area contributed by atoms with Crippen molar-refractivity contribution in [3.8, 4) is 0 Å². The van der Waals surface area contributed by atoms with E-state index in [4.69, 9.17) is 16.3 Å². The quantitative estimate of drug-likeness (QED) is 0.687. The Hall–Kier alpha value is -0.810. The Bertz CT molecular complexity index is 401. The number of aliphatic hydroxyl groups excluding tert-OH is 1. The van der Waals surface area contributed by atoms with Gasteiger partial charge in [-0.25, -0.2) is 0 Å². The van der Waals surface area contributed by atoms with E-state index < -0.39 is 6.10 Å². The minimum absolute atomic E-state index is 0.320. The smallest absolute Gasteiger partial charge is 0.0947 e. The zero-order valence-electron chi connectivity index (χ0n) is 12.5. The molecule has 0 radical (unpaired) electrons. The fourth-order valence-electron chi connectivity index (χ4n) is 2.04. The molecule has 0 aliphatic heterocycles. The highest BCUT2D eigenvalue weighted by atomic mass is 35.5. The van der Waals surface area contributed by atoms with Gasteiger partial charge in [0.2, 0.25) is 0 Å². The van der Waals surface area contributed by atoms with Gasteiger partial charge in [-0.2, -0.15) is 0 Å². The lowest BCUT2D eigenvalue weighted by atomic mass is 10.2. The summed E-state index contributed by atoms with van der Waals surface area (Å²) in [7, 11) is 3.49. The van der Waals surface area contributed by atoms with Gasteiger partial charge in [-0.05, 0) is 30.7 Å². The highest BCUT2D eigenvalue weighted by Crippen LogP contribution is 2.26. The third-order valence-electron chi connectivity index (χ3n) is 3.02. The maximum absolute atomic E-state index is 9.75. The molecule has 1 unspecified atom stereocenters. The van der Waals surface area contributed by atoms with Crippen molar-refractivity contribution in [1.82, 2.24) is 5.32 Å². The topological polar surface area (TPSA) is 44.7 Å². The van der Waals surface area contributed by atoms with Gasteiger partial charge in [0.15, 0.2) is 0 Å². The molecule has 5 heteroatoms. The molecule has 0 saturated carbocycles. The van der Waals surface area contributed by atoms with Crippen LogP contribution in [-0.2, 0) is 11.3 Å². The number of benzene rings is 1. The van der Waals surface area contributed by atoms with Crippen LogP contribution >= 0.6 is 11.6 Å². The van der Waals surface area contributed by atoms with E-state index >= 15 is 0 Å². The standard InChI is InChI=1S/C15H25ClN2O2/c1-4-7-17-9-12-5-6-15(14(16)8-12)18(2)10-13(19)11-20-3/h5-6,8,13,17,19H,4,7,9-11H2,1-3H3.